The van der Waals surface area contributed by atoms with E-state index in [4.69, 9.17) is 15.5 Å². The highest BCUT2D eigenvalue weighted by molar-refractivity contribution is 7.85. The van der Waals surface area contributed by atoms with Crippen molar-refractivity contribution >= 4 is 16.0 Å². The van der Waals surface area contributed by atoms with Gasteiger partial charge in [0.05, 0.1) is 11.8 Å². The molecule has 0 aliphatic heterocycles. The van der Waals surface area contributed by atoms with Gasteiger partial charge in [-0.3, -0.25) is 9.35 Å². The highest BCUT2D eigenvalue weighted by Crippen LogP contribution is 1.83. The first kappa shape index (κ1) is 20.7. The van der Waals surface area contributed by atoms with Gasteiger partial charge in [0.15, 0.2) is 0 Å². The van der Waals surface area contributed by atoms with Crippen LogP contribution in [0.3, 0.4) is 0 Å². The van der Waals surface area contributed by atoms with Crippen LogP contribution in [0.15, 0.2) is 24.8 Å². The lowest BCUT2D eigenvalue weighted by atomic mass is 10.3. The van der Waals surface area contributed by atoms with Crippen LogP contribution in [0.4, 0.5) is 0 Å². The summed E-state index contributed by atoms with van der Waals surface area (Å²) in [5, 5.41) is 7.51. The monoisotopic (exact) mass is 262 g/mol. The molecular weight excluding hydrogens is 244 g/mol. The quantitative estimate of drug-likeness (QED) is 0.447. The van der Waals surface area contributed by atoms with Gasteiger partial charge in [-0.15, -0.1) is 0 Å². The zero-order valence-electron chi connectivity index (χ0n) is 10.0. The van der Waals surface area contributed by atoms with Gasteiger partial charge in [-0.05, 0) is 13.3 Å². The summed E-state index contributed by atoms with van der Waals surface area (Å²) in [7, 11) is -3.67. The van der Waals surface area contributed by atoms with Crippen LogP contribution < -0.4 is 5.73 Å². The van der Waals surface area contributed by atoms with E-state index in [1.54, 1.807) is 19.9 Å². The molecule has 0 aromatic rings. The summed E-state index contributed by atoms with van der Waals surface area (Å²) in [6, 6.07) is 1.69. The second-order valence-corrected chi connectivity index (χ2v) is 4.34. The van der Waals surface area contributed by atoms with E-state index >= 15 is 0 Å². The number of carbonyl (C=O) groups is 1. The van der Waals surface area contributed by atoms with Gasteiger partial charge in [0.2, 0.25) is 5.91 Å². The smallest absolute Gasteiger partial charge is 0.264 e. The Morgan fingerprint density at radius 3 is 1.88 bits per heavy atom. The number of hydrogen-bond acceptors (Lipinski definition) is 4. The fourth-order valence-electron chi connectivity index (χ4n) is 0.258. The standard InChI is InChI=1S/C4H7NO.C3H3N.C3H8O3S/c1-3(2)4(5)6;1-2-3-4;1-2-3-7(4,5)6/h1H2,2H3,(H2,5,6);2H,1H2;2-3H2,1H3,(H,4,5,6). The van der Waals surface area contributed by atoms with Crippen molar-refractivity contribution < 1.29 is 17.8 Å². The van der Waals surface area contributed by atoms with Crippen LogP contribution in [-0.2, 0) is 14.9 Å². The molecule has 1 amide bonds. The van der Waals surface area contributed by atoms with Crippen LogP contribution >= 0.6 is 0 Å². The largest absolute Gasteiger partial charge is 0.366 e. The summed E-state index contributed by atoms with van der Waals surface area (Å²) >= 11 is 0. The maximum Gasteiger partial charge on any atom is 0.264 e. The third-order valence-corrected chi connectivity index (χ3v) is 1.90. The summed E-state index contributed by atoms with van der Waals surface area (Å²) < 4.78 is 27.6. The Labute approximate surface area is 102 Å². The number of hydrogen-bond donors (Lipinski definition) is 2. The van der Waals surface area contributed by atoms with Crippen LogP contribution in [0, 0.1) is 11.3 Å². The predicted molar refractivity (Wildman–Crippen MR) is 66.5 cm³/mol. The molecule has 0 saturated carbocycles. The summed E-state index contributed by atoms with van der Waals surface area (Å²) in [5.41, 5.74) is 5.09. The molecule has 0 fully saturated rings. The molecule has 0 bridgehead atoms. The van der Waals surface area contributed by atoms with Gasteiger partial charge < -0.3 is 5.73 Å². The van der Waals surface area contributed by atoms with Crippen molar-refractivity contribution in [2.75, 3.05) is 5.75 Å². The molecule has 0 aliphatic rings. The second-order valence-electron chi connectivity index (χ2n) is 2.76. The van der Waals surface area contributed by atoms with E-state index in [0.29, 0.717) is 12.0 Å². The van der Waals surface area contributed by atoms with Crippen molar-refractivity contribution in [3.05, 3.63) is 24.8 Å². The lowest BCUT2D eigenvalue weighted by Gasteiger charge is -1.85. The molecule has 0 aromatic carbocycles. The minimum atomic E-state index is -3.67. The Kier molecular flexibility index (Phi) is 15.1. The Balaban J connectivity index is -0.000000180. The molecule has 3 N–H and O–H groups in total. The molecule has 0 spiro atoms. The van der Waals surface area contributed by atoms with Gasteiger partial charge in [-0.25, -0.2) is 0 Å². The van der Waals surface area contributed by atoms with E-state index in [-0.39, 0.29) is 5.75 Å². The molecule has 0 rings (SSSR count). The van der Waals surface area contributed by atoms with E-state index in [9.17, 15) is 13.2 Å². The van der Waals surface area contributed by atoms with Crippen molar-refractivity contribution in [2.45, 2.75) is 20.3 Å². The van der Waals surface area contributed by atoms with Gasteiger partial charge in [-0.1, -0.05) is 20.1 Å². The molecule has 0 aromatic heterocycles. The van der Waals surface area contributed by atoms with Crippen LogP contribution in [0.25, 0.3) is 0 Å². The van der Waals surface area contributed by atoms with Crippen molar-refractivity contribution in [1.82, 2.24) is 0 Å². The number of primary amides is 1. The van der Waals surface area contributed by atoms with Crippen molar-refractivity contribution in [3.8, 4) is 6.07 Å². The zero-order valence-corrected chi connectivity index (χ0v) is 10.8. The highest BCUT2D eigenvalue weighted by atomic mass is 32.2. The molecule has 0 radical (unpaired) electrons. The normalized spacial score (nSPS) is 8.35. The fraction of sp³-hybridized carbons (Fsp3) is 0.400. The number of carbonyl (C=O) groups excluding carboxylic acids is 1. The highest BCUT2D eigenvalue weighted by Gasteiger charge is 1.98. The van der Waals surface area contributed by atoms with Gasteiger partial charge in [-0.2, -0.15) is 13.7 Å². The minimum Gasteiger partial charge on any atom is -0.366 e. The number of rotatable bonds is 3. The van der Waals surface area contributed by atoms with Crippen LogP contribution in [0.5, 0.6) is 0 Å². The lowest BCUT2D eigenvalue weighted by Crippen LogP contribution is -2.10. The first-order valence-electron chi connectivity index (χ1n) is 4.53. The fourth-order valence-corrected chi connectivity index (χ4v) is 0.774. The van der Waals surface area contributed by atoms with Crippen LogP contribution in [-0.4, -0.2) is 24.6 Å². The molecule has 17 heavy (non-hydrogen) atoms. The Bertz CT molecular complexity index is 368. The summed E-state index contributed by atoms with van der Waals surface area (Å²) in [4.78, 5) is 9.82. The van der Waals surface area contributed by atoms with Crippen molar-refractivity contribution in [1.29, 1.82) is 5.26 Å². The average molecular weight is 262 g/mol. The van der Waals surface area contributed by atoms with E-state index in [2.05, 4.69) is 13.2 Å². The average Bonchev–Trinajstić information content (AvgIpc) is 2.17. The van der Waals surface area contributed by atoms with Crippen LogP contribution in [0.1, 0.15) is 20.3 Å². The maximum absolute atomic E-state index is 9.82. The minimum absolute atomic E-state index is 0.132. The third-order valence-electron chi connectivity index (χ3n) is 0.974. The molecule has 0 atom stereocenters. The van der Waals surface area contributed by atoms with Gasteiger partial charge in [0.1, 0.15) is 0 Å². The molecular formula is C10H18N2O4S. The number of nitriles is 1. The summed E-state index contributed by atoms with van der Waals surface area (Å²) in [6.45, 7) is 9.66. The summed E-state index contributed by atoms with van der Waals surface area (Å²) in [5.74, 6) is -0.567. The van der Waals surface area contributed by atoms with Gasteiger partial charge in [0, 0.05) is 11.6 Å². The first-order valence-corrected chi connectivity index (χ1v) is 6.14. The van der Waals surface area contributed by atoms with Crippen molar-refractivity contribution in [2.24, 2.45) is 5.73 Å². The predicted octanol–water partition coefficient (Wildman–Crippen LogP) is 1.03. The molecule has 0 aliphatic carbocycles. The van der Waals surface area contributed by atoms with E-state index < -0.39 is 16.0 Å². The van der Waals surface area contributed by atoms with Gasteiger partial charge >= 0.3 is 0 Å². The molecule has 6 nitrogen and oxygen atoms in total. The number of nitrogens with zero attached hydrogens (tertiary/aromatic N) is 1. The Morgan fingerprint density at radius 1 is 1.59 bits per heavy atom. The SMILES string of the molecule is C=C(C)C(N)=O.C=CC#N.CCCS(=O)(=O)O. The first-order chi connectivity index (χ1) is 7.62. The number of amides is 1. The van der Waals surface area contributed by atoms with E-state index in [0.717, 1.165) is 0 Å². The molecule has 0 heterocycles. The Hall–Kier alpha value is -1.65. The topological polar surface area (TPSA) is 121 Å². The second kappa shape index (κ2) is 12.4. The summed E-state index contributed by atoms with van der Waals surface area (Å²) in [6.07, 6.45) is 1.65. The molecule has 0 saturated heterocycles. The Morgan fingerprint density at radius 2 is 1.88 bits per heavy atom. The van der Waals surface area contributed by atoms with E-state index in [1.807, 2.05) is 0 Å². The maximum atomic E-state index is 9.82. The van der Waals surface area contributed by atoms with Gasteiger partial charge in [0.25, 0.3) is 10.1 Å². The number of nitrogens with two attached hydrogens (primary N) is 1. The molecule has 0 unspecified atom stereocenters. The van der Waals surface area contributed by atoms with E-state index in [1.165, 1.54) is 6.08 Å². The van der Waals surface area contributed by atoms with Crippen molar-refractivity contribution in [3.63, 3.8) is 0 Å². The number of allylic oxidation sites excluding steroid dienone is 1. The van der Waals surface area contributed by atoms with Crippen LogP contribution in [0.2, 0.25) is 0 Å². The lowest BCUT2D eigenvalue weighted by molar-refractivity contribution is -0.114. The molecule has 98 valence electrons. The third kappa shape index (κ3) is 40.5. The zero-order chi connectivity index (χ0) is 14.5. The molecule has 7 heteroatoms.